The first-order valence-electron chi connectivity index (χ1n) is 6.07. The van der Waals surface area contributed by atoms with Crippen LogP contribution in [0.25, 0.3) is 0 Å². The van der Waals surface area contributed by atoms with Crippen molar-refractivity contribution in [3.63, 3.8) is 0 Å². The number of carboxylic acid groups (broad SMARTS) is 1. The number of carboxylic acids is 1. The third-order valence-corrected chi connectivity index (χ3v) is 2.17. The fourth-order valence-corrected chi connectivity index (χ4v) is 1.41. The molecule has 0 amide bonds. The molecule has 1 rings (SSSR count). The first-order valence-corrected chi connectivity index (χ1v) is 6.07. The van der Waals surface area contributed by atoms with Gasteiger partial charge in [0.25, 0.3) is 0 Å². The van der Waals surface area contributed by atoms with Crippen LogP contribution in [0.4, 0.5) is 5.69 Å². The molecule has 2 N–H and O–H groups in total. The van der Waals surface area contributed by atoms with Crippen molar-refractivity contribution in [1.82, 2.24) is 0 Å². The molecule has 19 heavy (non-hydrogen) atoms. The summed E-state index contributed by atoms with van der Waals surface area (Å²) >= 11 is 0. The largest absolute Gasteiger partial charge is 0.481 e. The Morgan fingerprint density at radius 1 is 1.32 bits per heavy atom. The van der Waals surface area contributed by atoms with Gasteiger partial charge in [0.1, 0.15) is 5.60 Å². The monoisotopic (exact) mass is 265 g/mol. The van der Waals surface area contributed by atoms with E-state index in [9.17, 15) is 9.59 Å². The van der Waals surface area contributed by atoms with Gasteiger partial charge >= 0.3 is 11.9 Å². The SMILES string of the molecule is CC(C)(C)OC(=O)c1cccc(NCCC(=O)O)c1. The molecule has 104 valence electrons. The lowest BCUT2D eigenvalue weighted by atomic mass is 10.1. The van der Waals surface area contributed by atoms with Crippen molar-refractivity contribution >= 4 is 17.6 Å². The van der Waals surface area contributed by atoms with Crippen molar-refractivity contribution in [2.75, 3.05) is 11.9 Å². The summed E-state index contributed by atoms with van der Waals surface area (Å²) in [4.78, 5) is 22.3. The average molecular weight is 265 g/mol. The normalized spacial score (nSPS) is 10.9. The third kappa shape index (κ3) is 5.90. The van der Waals surface area contributed by atoms with Crippen molar-refractivity contribution in [2.45, 2.75) is 32.8 Å². The lowest BCUT2D eigenvalue weighted by Crippen LogP contribution is -2.23. The number of rotatable bonds is 5. The maximum Gasteiger partial charge on any atom is 0.338 e. The topological polar surface area (TPSA) is 75.6 Å². The highest BCUT2D eigenvalue weighted by Crippen LogP contribution is 2.15. The Hall–Kier alpha value is -2.04. The lowest BCUT2D eigenvalue weighted by Gasteiger charge is -2.19. The average Bonchev–Trinajstić information content (AvgIpc) is 2.26. The highest BCUT2D eigenvalue weighted by atomic mass is 16.6. The van der Waals surface area contributed by atoms with Crippen molar-refractivity contribution in [3.8, 4) is 0 Å². The molecule has 0 saturated heterocycles. The van der Waals surface area contributed by atoms with E-state index in [-0.39, 0.29) is 6.42 Å². The maximum atomic E-state index is 11.9. The molecular formula is C14H19NO4. The highest BCUT2D eigenvalue weighted by Gasteiger charge is 2.17. The third-order valence-electron chi connectivity index (χ3n) is 2.17. The molecule has 0 aliphatic rings. The van der Waals surface area contributed by atoms with Crippen LogP contribution in [0.15, 0.2) is 24.3 Å². The van der Waals surface area contributed by atoms with Crippen LogP contribution in [0.5, 0.6) is 0 Å². The minimum Gasteiger partial charge on any atom is -0.481 e. The van der Waals surface area contributed by atoms with Crippen molar-refractivity contribution in [3.05, 3.63) is 29.8 Å². The van der Waals surface area contributed by atoms with Crippen molar-refractivity contribution in [2.24, 2.45) is 0 Å². The molecular weight excluding hydrogens is 246 g/mol. The maximum absolute atomic E-state index is 11.9. The first kappa shape index (κ1) is 15.0. The molecule has 1 aromatic carbocycles. The molecule has 5 heteroatoms. The number of benzene rings is 1. The van der Waals surface area contributed by atoms with Gasteiger partial charge in [-0.2, -0.15) is 0 Å². The Labute approximate surface area is 112 Å². The zero-order chi connectivity index (χ0) is 14.5. The van der Waals surface area contributed by atoms with E-state index in [0.717, 1.165) is 0 Å². The molecule has 0 saturated carbocycles. The second kappa shape index (κ2) is 6.22. The van der Waals surface area contributed by atoms with Crippen LogP contribution in [0.1, 0.15) is 37.6 Å². The van der Waals surface area contributed by atoms with Gasteiger partial charge in [0.15, 0.2) is 0 Å². The molecule has 1 aromatic rings. The molecule has 0 aliphatic heterocycles. The van der Waals surface area contributed by atoms with E-state index in [1.807, 2.05) is 0 Å². The highest BCUT2D eigenvalue weighted by molar-refractivity contribution is 5.90. The molecule has 5 nitrogen and oxygen atoms in total. The Morgan fingerprint density at radius 3 is 2.58 bits per heavy atom. The lowest BCUT2D eigenvalue weighted by molar-refractivity contribution is -0.136. The van der Waals surface area contributed by atoms with Gasteiger partial charge in [-0.05, 0) is 39.0 Å². The van der Waals surface area contributed by atoms with E-state index in [4.69, 9.17) is 9.84 Å². The number of aliphatic carboxylic acids is 1. The predicted molar refractivity (Wildman–Crippen MR) is 72.4 cm³/mol. The summed E-state index contributed by atoms with van der Waals surface area (Å²) in [5, 5.41) is 11.5. The van der Waals surface area contributed by atoms with Gasteiger partial charge in [-0.1, -0.05) is 6.07 Å². The Morgan fingerprint density at radius 2 is 2.00 bits per heavy atom. The van der Waals surface area contributed by atoms with Gasteiger partial charge in [-0.25, -0.2) is 4.79 Å². The predicted octanol–water partition coefficient (Wildman–Crippen LogP) is 2.53. The van der Waals surface area contributed by atoms with Crippen LogP contribution < -0.4 is 5.32 Å². The van der Waals surface area contributed by atoms with E-state index in [1.54, 1.807) is 45.0 Å². The van der Waals surface area contributed by atoms with Crippen LogP contribution in [-0.2, 0) is 9.53 Å². The van der Waals surface area contributed by atoms with Gasteiger partial charge in [0, 0.05) is 12.2 Å². The molecule has 0 bridgehead atoms. The number of carbonyl (C=O) groups is 2. The van der Waals surface area contributed by atoms with Gasteiger partial charge in [-0.15, -0.1) is 0 Å². The van der Waals surface area contributed by atoms with E-state index in [1.165, 1.54) is 0 Å². The zero-order valence-electron chi connectivity index (χ0n) is 11.4. The summed E-state index contributed by atoms with van der Waals surface area (Å²) in [7, 11) is 0. The summed E-state index contributed by atoms with van der Waals surface area (Å²) in [6.07, 6.45) is 0.0245. The molecule has 0 heterocycles. The number of hydrogen-bond acceptors (Lipinski definition) is 4. The van der Waals surface area contributed by atoms with Gasteiger partial charge < -0.3 is 15.2 Å². The van der Waals surface area contributed by atoms with Crippen LogP contribution in [0.3, 0.4) is 0 Å². The second-order valence-electron chi connectivity index (χ2n) is 5.15. The Bertz CT molecular complexity index is 463. The van der Waals surface area contributed by atoms with Crippen LogP contribution in [-0.4, -0.2) is 29.2 Å². The molecule has 0 atom stereocenters. The molecule has 0 radical (unpaired) electrons. The van der Waals surface area contributed by atoms with Crippen LogP contribution >= 0.6 is 0 Å². The summed E-state index contributed by atoms with van der Waals surface area (Å²) in [5.74, 6) is -1.26. The van der Waals surface area contributed by atoms with E-state index < -0.39 is 17.5 Å². The van der Waals surface area contributed by atoms with Crippen molar-refractivity contribution in [1.29, 1.82) is 0 Å². The van der Waals surface area contributed by atoms with E-state index in [2.05, 4.69) is 5.32 Å². The summed E-state index contributed by atoms with van der Waals surface area (Å²) in [6.45, 7) is 5.73. The van der Waals surface area contributed by atoms with Gasteiger partial charge in [-0.3, -0.25) is 4.79 Å². The molecule has 0 aliphatic carbocycles. The number of ether oxygens (including phenoxy) is 1. The summed E-state index contributed by atoms with van der Waals surface area (Å²) < 4.78 is 5.26. The van der Waals surface area contributed by atoms with Gasteiger partial charge in [0.2, 0.25) is 0 Å². The molecule has 0 unspecified atom stereocenters. The first-order chi connectivity index (χ1) is 8.78. The minimum absolute atomic E-state index is 0.0245. The minimum atomic E-state index is -0.865. The van der Waals surface area contributed by atoms with Crippen molar-refractivity contribution < 1.29 is 19.4 Å². The van der Waals surface area contributed by atoms with Crippen LogP contribution in [0, 0.1) is 0 Å². The number of anilines is 1. The fraction of sp³-hybridized carbons (Fsp3) is 0.429. The van der Waals surface area contributed by atoms with Gasteiger partial charge in [0.05, 0.1) is 12.0 Å². The fourth-order valence-electron chi connectivity index (χ4n) is 1.41. The smallest absolute Gasteiger partial charge is 0.338 e. The molecule has 0 spiro atoms. The van der Waals surface area contributed by atoms with E-state index >= 15 is 0 Å². The number of nitrogens with one attached hydrogen (secondary N) is 1. The number of hydrogen-bond donors (Lipinski definition) is 2. The Balaban J connectivity index is 2.66. The number of carbonyl (C=O) groups excluding carboxylic acids is 1. The summed E-state index contributed by atoms with van der Waals surface area (Å²) in [5.41, 5.74) is 0.601. The Kier molecular flexibility index (Phi) is 4.92. The van der Waals surface area contributed by atoms with E-state index in [0.29, 0.717) is 17.8 Å². The number of esters is 1. The summed E-state index contributed by atoms with van der Waals surface area (Å²) in [6, 6.07) is 6.81. The second-order valence-corrected chi connectivity index (χ2v) is 5.15. The van der Waals surface area contributed by atoms with Crippen LogP contribution in [0.2, 0.25) is 0 Å². The molecule has 0 fully saturated rings. The quantitative estimate of drug-likeness (QED) is 0.800. The standard InChI is InChI=1S/C14H19NO4/c1-14(2,3)19-13(18)10-5-4-6-11(9-10)15-8-7-12(16)17/h4-6,9,15H,7-8H2,1-3H3,(H,16,17). The zero-order valence-corrected chi connectivity index (χ0v) is 11.4. The molecule has 0 aromatic heterocycles.